The summed E-state index contributed by atoms with van der Waals surface area (Å²) in [6.07, 6.45) is 5.76. The molecule has 3 amide bonds. The van der Waals surface area contributed by atoms with Crippen LogP contribution in [0.3, 0.4) is 0 Å². The molecule has 214 valence electrons. The summed E-state index contributed by atoms with van der Waals surface area (Å²) in [5, 5.41) is 3.45. The van der Waals surface area contributed by atoms with E-state index >= 15 is 0 Å². The molecule has 2 aromatic rings. The molecule has 1 N–H and O–H groups in total. The van der Waals surface area contributed by atoms with Crippen molar-refractivity contribution in [3.63, 3.8) is 0 Å². The minimum Gasteiger partial charge on any atom is -0.343 e. The molecule has 2 aliphatic heterocycles. The van der Waals surface area contributed by atoms with Crippen LogP contribution in [0.1, 0.15) is 18.4 Å². The average Bonchev–Trinajstić information content (AvgIpc) is 3.73. The van der Waals surface area contributed by atoms with Crippen molar-refractivity contribution >= 4 is 62.5 Å². The second kappa shape index (κ2) is 10.7. The Bertz CT molecular complexity index is 1610. The lowest BCUT2D eigenvalue weighted by atomic mass is 9.96. The molecule has 9 nitrogen and oxygen atoms in total. The second-order valence-corrected chi connectivity index (χ2v) is 13.6. The second-order valence-electron chi connectivity index (χ2n) is 10.5. The highest BCUT2D eigenvalue weighted by Gasteiger charge is 2.55. The van der Waals surface area contributed by atoms with Gasteiger partial charge in [0, 0.05) is 34.6 Å². The van der Waals surface area contributed by atoms with Crippen LogP contribution < -0.4 is 5.32 Å². The number of allylic oxidation sites excluding steroid dienone is 3. The summed E-state index contributed by atoms with van der Waals surface area (Å²) in [6, 6.07) is 8.73. The quantitative estimate of drug-likeness (QED) is 0.501. The van der Waals surface area contributed by atoms with E-state index in [1.807, 2.05) is 0 Å². The molecule has 0 radical (unpaired) electrons. The van der Waals surface area contributed by atoms with E-state index in [0.717, 1.165) is 5.56 Å². The van der Waals surface area contributed by atoms with Crippen molar-refractivity contribution < 1.29 is 22.8 Å². The topological polar surface area (TPSA) is 107 Å². The fourth-order valence-electron chi connectivity index (χ4n) is 5.37. The molecular weight excluding hydrogens is 611 g/mol. The van der Waals surface area contributed by atoms with Crippen LogP contribution in [-0.2, 0) is 30.8 Å². The molecule has 2 heterocycles. The summed E-state index contributed by atoms with van der Waals surface area (Å²) in [4.78, 5) is 43.4. The smallest absolute Gasteiger partial charge is 0.250 e. The Morgan fingerprint density at radius 2 is 1.63 bits per heavy atom. The van der Waals surface area contributed by atoms with Crippen molar-refractivity contribution in [1.29, 1.82) is 0 Å². The predicted octanol–water partition coefficient (Wildman–Crippen LogP) is 3.61. The monoisotopic (exact) mass is 634 g/mol. The lowest BCUT2D eigenvalue weighted by molar-refractivity contribution is -0.165. The van der Waals surface area contributed by atoms with Crippen LogP contribution in [0, 0.1) is 5.92 Å². The van der Waals surface area contributed by atoms with E-state index < -0.39 is 34.2 Å². The van der Waals surface area contributed by atoms with Gasteiger partial charge in [-0.3, -0.25) is 14.4 Å². The molecule has 3 fully saturated rings. The Hall–Kier alpha value is -2.89. The molecule has 2 aromatic carbocycles. The number of nitrogens with one attached hydrogen (secondary N) is 1. The number of fused-ring (bicyclic) bond motifs is 1. The summed E-state index contributed by atoms with van der Waals surface area (Å²) in [6.45, 7) is -0.407. The standard InChI is InChI=1S/C28H25Cl3N4O5S/c29-18-8-4-16(5-9-18)12-23-28(38)33(20-2-1-3-20)15-25-34(41(39,40)24-11-10-19(30)13-21(24)31)14-22(27(37)35(23)25)32-26(36)17-6-7-17/h1-5,8-11,13,17,22-23,25H,6-7,12,14-15H2,(H,32,36). The van der Waals surface area contributed by atoms with Crippen molar-refractivity contribution in [3.8, 4) is 0 Å². The van der Waals surface area contributed by atoms with E-state index in [2.05, 4.69) is 5.32 Å². The summed E-state index contributed by atoms with van der Waals surface area (Å²) in [7, 11) is -4.33. The summed E-state index contributed by atoms with van der Waals surface area (Å²) in [5.41, 5.74) is 1.35. The maximum absolute atomic E-state index is 14.2. The van der Waals surface area contributed by atoms with Gasteiger partial charge in [-0.05, 0) is 60.9 Å². The molecule has 0 bridgehead atoms. The minimum absolute atomic E-state index is 0.0781. The van der Waals surface area contributed by atoms with Gasteiger partial charge in [0.2, 0.25) is 27.7 Å². The van der Waals surface area contributed by atoms with Crippen molar-refractivity contribution in [3.05, 3.63) is 87.0 Å². The first kappa shape index (κ1) is 28.2. The molecule has 0 aromatic heterocycles. The van der Waals surface area contributed by atoms with E-state index in [9.17, 15) is 22.8 Å². The molecule has 13 heteroatoms. The summed E-state index contributed by atoms with van der Waals surface area (Å²) >= 11 is 18.5. The Balaban J connectivity index is 1.44. The third-order valence-corrected chi connectivity index (χ3v) is 10.6. The van der Waals surface area contributed by atoms with Crippen molar-refractivity contribution in [2.45, 2.75) is 42.4 Å². The number of halogens is 3. The van der Waals surface area contributed by atoms with Gasteiger partial charge in [0.05, 0.1) is 11.6 Å². The van der Waals surface area contributed by atoms with Crippen molar-refractivity contribution in [2.75, 3.05) is 13.1 Å². The number of hydrogen-bond donors (Lipinski definition) is 1. The molecule has 6 rings (SSSR count). The van der Waals surface area contributed by atoms with E-state index in [1.165, 1.54) is 32.3 Å². The van der Waals surface area contributed by atoms with Gasteiger partial charge in [-0.25, -0.2) is 8.42 Å². The highest BCUT2D eigenvalue weighted by molar-refractivity contribution is 7.89. The lowest BCUT2D eigenvalue weighted by Crippen LogP contribution is -2.76. The number of benzene rings is 2. The van der Waals surface area contributed by atoms with Crippen LogP contribution in [0.25, 0.3) is 0 Å². The van der Waals surface area contributed by atoms with Crippen LogP contribution in [0.5, 0.6) is 0 Å². The van der Waals surface area contributed by atoms with Gasteiger partial charge < -0.3 is 15.1 Å². The molecule has 3 atom stereocenters. The van der Waals surface area contributed by atoms with Gasteiger partial charge in [-0.1, -0.05) is 53.0 Å². The molecule has 0 spiro atoms. The highest BCUT2D eigenvalue weighted by atomic mass is 35.5. The number of carbonyl (C=O) groups is 3. The predicted molar refractivity (Wildman–Crippen MR) is 154 cm³/mol. The van der Waals surface area contributed by atoms with E-state index in [1.54, 1.807) is 42.5 Å². The largest absolute Gasteiger partial charge is 0.343 e. The Morgan fingerprint density at radius 3 is 2.24 bits per heavy atom. The first-order valence-corrected chi connectivity index (χ1v) is 15.7. The molecule has 1 saturated carbocycles. The zero-order valence-electron chi connectivity index (χ0n) is 21.5. The Labute approximate surface area is 252 Å². The Kier molecular flexibility index (Phi) is 7.40. The number of hydrogen-bond acceptors (Lipinski definition) is 5. The van der Waals surface area contributed by atoms with E-state index in [4.69, 9.17) is 34.8 Å². The molecule has 2 saturated heterocycles. The molecule has 4 aliphatic rings. The first-order chi connectivity index (χ1) is 19.5. The summed E-state index contributed by atoms with van der Waals surface area (Å²) < 4.78 is 29.6. The van der Waals surface area contributed by atoms with Gasteiger partial charge in [-0.2, -0.15) is 4.31 Å². The molecule has 41 heavy (non-hydrogen) atoms. The summed E-state index contributed by atoms with van der Waals surface area (Å²) in [5.74, 6) is -1.39. The maximum Gasteiger partial charge on any atom is 0.250 e. The zero-order valence-corrected chi connectivity index (χ0v) is 24.6. The van der Waals surface area contributed by atoms with E-state index in [0.29, 0.717) is 23.6 Å². The number of rotatable bonds is 7. The normalized spacial score (nSPS) is 24.6. The van der Waals surface area contributed by atoms with E-state index in [-0.39, 0.29) is 52.2 Å². The average molecular weight is 636 g/mol. The SMILES string of the molecule is O=C(NC1CN(S(=O)(=O)c2ccc(Cl)cc2Cl)C2CN(C3=CC=C3)C(=O)C(Cc3ccc(Cl)cc3)N2C1=O)C1CC1. The fourth-order valence-corrected chi connectivity index (χ4v) is 7.83. The van der Waals surface area contributed by atoms with Crippen LogP contribution in [0.15, 0.2) is 71.3 Å². The van der Waals surface area contributed by atoms with Gasteiger partial charge in [-0.15, -0.1) is 0 Å². The molecule has 2 aliphatic carbocycles. The van der Waals surface area contributed by atoms with Crippen LogP contribution in [-0.4, -0.2) is 71.6 Å². The third kappa shape index (κ3) is 5.28. The minimum atomic E-state index is -4.33. The third-order valence-electron chi connectivity index (χ3n) is 7.73. The number of amides is 3. The van der Waals surface area contributed by atoms with Crippen LogP contribution in [0.4, 0.5) is 0 Å². The zero-order chi connectivity index (χ0) is 29.1. The van der Waals surface area contributed by atoms with Crippen LogP contribution in [0.2, 0.25) is 15.1 Å². The Morgan fingerprint density at radius 1 is 0.951 bits per heavy atom. The van der Waals surface area contributed by atoms with Gasteiger partial charge in [0.15, 0.2) is 0 Å². The van der Waals surface area contributed by atoms with Gasteiger partial charge >= 0.3 is 0 Å². The highest BCUT2D eigenvalue weighted by Crippen LogP contribution is 2.37. The van der Waals surface area contributed by atoms with Crippen LogP contribution >= 0.6 is 34.8 Å². The van der Waals surface area contributed by atoms with Gasteiger partial charge in [0.25, 0.3) is 0 Å². The first-order valence-electron chi connectivity index (χ1n) is 13.1. The fraction of sp³-hybridized carbons (Fsp3) is 0.321. The molecular formula is C28H25Cl3N4O5S. The lowest BCUT2D eigenvalue weighted by Gasteiger charge is -2.53. The number of sulfonamides is 1. The number of piperazine rings is 1. The van der Waals surface area contributed by atoms with Gasteiger partial charge in [0.1, 0.15) is 23.1 Å². The van der Waals surface area contributed by atoms with Crippen molar-refractivity contribution in [1.82, 2.24) is 19.4 Å². The molecule has 3 unspecified atom stereocenters. The maximum atomic E-state index is 14.2. The van der Waals surface area contributed by atoms with Crippen molar-refractivity contribution in [2.24, 2.45) is 5.92 Å². The number of carbonyl (C=O) groups excluding carboxylic acids is 3. The number of nitrogens with zero attached hydrogens (tertiary/aromatic N) is 3.